The highest BCUT2D eigenvalue weighted by atomic mass is 16.5. The number of aryl methyl sites for hydroxylation is 6. The molecule has 6 aromatic rings. The van der Waals surface area contributed by atoms with Gasteiger partial charge in [0, 0.05) is 134 Å². The van der Waals surface area contributed by atoms with Gasteiger partial charge in [-0.2, -0.15) is 0 Å². The third kappa shape index (κ3) is 10.2. The van der Waals surface area contributed by atoms with Gasteiger partial charge in [0.05, 0.1) is 46.8 Å². The number of amides is 8. The highest BCUT2D eigenvalue weighted by Crippen LogP contribution is 2.67. The number of rotatable bonds is 18. The molecule has 0 radical (unpaired) electrons. The Hall–Kier alpha value is -9.68. The fourth-order valence-corrected chi connectivity index (χ4v) is 10.5. The Morgan fingerprint density at radius 1 is 0.615 bits per heavy atom. The Labute approximate surface area is 445 Å². The number of aromatic amines is 1. The first kappa shape index (κ1) is 53.2. The zero-order valence-electron chi connectivity index (χ0n) is 44.1. The van der Waals surface area contributed by atoms with Crippen LogP contribution in [0.3, 0.4) is 0 Å². The zero-order valence-corrected chi connectivity index (χ0v) is 44.1. The molecule has 3 aliphatic rings. The topological polar surface area (TPSA) is 308 Å². The van der Waals surface area contributed by atoms with Gasteiger partial charge >= 0.3 is 5.97 Å². The molecule has 2 fully saturated rings. The number of nitrogens with one attached hydrogen (secondary N) is 8. The second-order valence-corrected chi connectivity index (χ2v) is 19.7. The molecule has 1 spiro atoms. The molecule has 2 atom stereocenters. The van der Waals surface area contributed by atoms with Gasteiger partial charge in [0.1, 0.15) is 28.5 Å². The largest absolute Gasteiger partial charge is 0.465 e. The first-order valence-electron chi connectivity index (χ1n) is 24.8. The number of hydrogen-bond acceptors (Lipinski definition) is 11. The number of methoxy groups -OCH3 is 1. The van der Waals surface area contributed by atoms with Crippen LogP contribution in [0.4, 0.5) is 28.4 Å². The molecule has 8 N–H and O–H groups in total. The molecule has 2 aliphatic carbocycles. The fourth-order valence-electron chi connectivity index (χ4n) is 10.5. The first-order chi connectivity index (χ1) is 37.1. The number of ketones is 1. The number of aromatic nitrogens is 6. The Bertz CT molecular complexity index is 3580. The van der Waals surface area contributed by atoms with Crippen molar-refractivity contribution < 1.29 is 52.7 Å². The molecular weight excluding hydrogens is 1010 g/mol. The molecule has 1 saturated carbocycles. The quantitative estimate of drug-likeness (QED) is 0.0454. The highest BCUT2D eigenvalue weighted by molar-refractivity contribution is 6.12. The summed E-state index contributed by atoms with van der Waals surface area (Å²) in [5, 5.41) is 19.3. The fraction of sp³-hybridized carbons (Fsp3) is 0.321. The first-order valence-corrected chi connectivity index (χ1v) is 24.8. The number of ether oxygens (including phenoxy) is 1. The predicted octanol–water partition coefficient (Wildman–Crippen LogP) is 3.67. The van der Waals surface area contributed by atoms with E-state index in [0.29, 0.717) is 69.6 Å². The van der Waals surface area contributed by atoms with E-state index in [4.69, 9.17) is 4.74 Å². The van der Waals surface area contributed by atoms with E-state index < -0.39 is 40.9 Å². The lowest BCUT2D eigenvalue weighted by molar-refractivity contribution is -0.129. The van der Waals surface area contributed by atoms with Crippen molar-refractivity contribution in [2.75, 3.05) is 53.3 Å². The van der Waals surface area contributed by atoms with Gasteiger partial charge in [-0.1, -0.05) is 0 Å². The van der Waals surface area contributed by atoms with E-state index in [1.165, 1.54) is 59.6 Å². The van der Waals surface area contributed by atoms with E-state index in [1.807, 2.05) is 0 Å². The summed E-state index contributed by atoms with van der Waals surface area (Å²) in [5.41, 5.74) is 4.79. The van der Waals surface area contributed by atoms with Gasteiger partial charge in [0.25, 0.3) is 29.5 Å². The lowest BCUT2D eigenvalue weighted by Crippen LogP contribution is -2.36. The molecule has 6 aromatic heterocycles. The lowest BCUT2D eigenvalue weighted by atomic mass is 9.82. The zero-order chi connectivity index (χ0) is 56.1. The van der Waals surface area contributed by atoms with Crippen LogP contribution in [0.25, 0.3) is 0 Å². The molecule has 0 aromatic carbocycles. The molecule has 25 nitrogen and oxygen atoms in total. The van der Waals surface area contributed by atoms with Crippen LogP contribution in [0.5, 0.6) is 0 Å². The molecule has 0 bridgehead atoms. The van der Waals surface area contributed by atoms with Crippen molar-refractivity contribution in [1.82, 2.24) is 43.4 Å². The summed E-state index contributed by atoms with van der Waals surface area (Å²) in [6, 6.07) is 7.54. The van der Waals surface area contributed by atoms with Crippen LogP contribution in [0.2, 0.25) is 0 Å². The molecule has 406 valence electrons. The maximum atomic E-state index is 13.6. The molecule has 9 rings (SSSR count). The normalized spacial score (nSPS) is 15.8. The summed E-state index contributed by atoms with van der Waals surface area (Å²) in [5.74, 6) is -4.11. The van der Waals surface area contributed by atoms with Crippen LogP contribution in [-0.2, 0) is 59.8 Å². The van der Waals surface area contributed by atoms with Crippen molar-refractivity contribution >= 4 is 87.4 Å². The number of H-pyrrole nitrogens is 1. The van der Waals surface area contributed by atoms with Crippen molar-refractivity contribution in [3.8, 4) is 0 Å². The van der Waals surface area contributed by atoms with Crippen LogP contribution in [-0.4, -0.2) is 118 Å². The predicted molar refractivity (Wildman–Crippen MR) is 283 cm³/mol. The SMILES string of the molecule is COC(=O)c1c(C)[nH]c2c1[C@]13C[C@H]1CN(C(=O)CCNC(=O)c1cc(NC(=O)c4cc(NC(=O)CCCNC(=O)c5cc(NC(=O)c6cc(NC(=O)c7cc(NC(C)=O)cn7C)cn6C)cn5C)cn4C)cn1C)C3=CC2=O. The number of allylic oxidation sites excluding steroid dienone is 2. The van der Waals surface area contributed by atoms with Gasteiger partial charge in [-0.15, -0.1) is 0 Å². The highest BCUT2D eigenvalue weighted by Gasteiger charge is 2.68. The summed E-state index contributed by atoms with van der Waals surface area (Å²) >= 11 is 0. The summed E-state index contributed by atoms with van der Waals surface area (Å²) in [6.07, 6.45) is 10.3. The number of anilines is 5. The van der Waals surface area contributed by atoms with Crippen LogP contribution >= 0.6 is 0 Å². The van der Waals surface area contributed by atoms with Crippen molar-refractivity contribution in [1.29, 1.82) is 0 Å². The maximum Gasteiger partial charge on any atom is 0.340 e. The third-order valence-corrected chi connectivity index (χ3v) is 14.2. The summed E-state index contributed by atoms with van der Waals surface area (Å²) in [4.78, 5) is 135. The van der Waals surface area contributed by atoms with Gasteiger partial charge in [-0.3, -0.25) is 43.2 Å². The van der Waals surface area contributed by atoms with E-state index >= 15 is 0 Å². The maximum absolute atomic E-state index is 13.6. The van der Waals surface area contributed by atoms with Crippen molar-refractivity contribution in [2.45, 2.75) is 44.9 Å². The van der Waals surface area contributed by atoms with Crippen molar-refractivity contribution in [2.24, 2.45) is 41.2 Å². The second-order valence-electron chi connectivity index (χ2n) is 19.7. The second kappa shape index (κ2) is 20.8. The number of likely N-dealkylation sites (tertiary alicyclic amines) is 1. The van der Waals surface area contributed by atoms with Crippen molar-refractivity contribution in [3.63, 3.8) is 0 Å². The monoisotopic (exact) mass is 1070 g/mol. The van der Waals surface area contributed by atoms with E-state index in [1.54, 1.807) is 91.7 Å². The lowest BCUT2D eigenvalue weighted by Gasteiger charge is -2.28. The number of carbonyl (C=O) groups is 10. The standard InChI is InChI=1S/C53H58N14O11/c1-27-44(52(77)78-8)45-46(56-27)40(69)19-41-53(45)20-29(53)21-67(41)43(71)11-13-55-48(73)36-17-33(25-63(36)4)59-50(75)38-15-31(23-65(38)6)58-42(70)10-9-12-54-47(72)35-16-32(24-62(35)3)60-51(76)39-18-34(26-66(39)7)61-49(74)37-14-30(22-64(37)5)57-28(2)68/h14-19,22-26,29,56H,9-13,20-21H2,1-8H3,(H,54,72)(H,55,73)(H,57,68)(H,58,70)(H,59,75)(H,60,76)(H,61,74)/t29-,53+/m0/s1. The number of fused-ring (bicyclic) bond motifs is 1. The molecular formula is C53H58N14O11. The number of nitrogens with zero attached hydrogens (tertiary/aromatic N) is 6. The molecule has 1 saturated heterocycles. The van der Waals surface area contributed by atoms with Crippen LogP contribution < -0.4 is 37.2 Å². The number of carbonyl (C=O) groups excluding carboxylic acids is 10. The van der Waals surface area contributed by atoms with Crippen LogP contribution in [0.1, 0.15) is 117 Å². The average Bonchev–Trinajstić information content (AvgIpc) is 3.89. The number of hydrogen-bond donors (Lipinski definition) is 8. The molecule has 1 aliphatic heterocycles. The van der Waals surface area contributed by atoms with Crippen molar-refractivity contribution in [3.05, 3.63) is 124 Å². The minimum absolute atomic E-state index is 0.00207. The smallest absolute Gasteiger partial charge is 0.340 e. The van der Waals surface area contributed by atoms with E-state index in [-0.39, 0.29) is 90.2 Å². The minimum Gasteiger partial charge on any atom is -0.465 e. The third-order valence-electron chi connectivity index (χ3n) is 14.2. The molecule has 78 heavy (non-hydrogen) atoms. The Kier molecular flexibility index (Phi) is 14.2. The van der Waals surface area contributed by atoms with Crippen LogP contribution in [0.15, 0.2) is 73.1 Å². The van der Waals surface area contributed by atoms with Gasteiger partial charge < -0.3 is 74.7 Å². The summed E-state index contributed by atoms with van der Waals surface area (Å²) in [7, 11) is 9.51. The van der Waals surface area contributed by atoms with Gasteiger partial charge in [0.2, 0.25) is 23.5 Å². The Morgan fingerprint density at radius 3 is 1.51 bits per heavy atom. The van der Waals surface area contributed by atoms with E-state index in [9.17, 15) is 47.9 Å². The number of piperidine rings is 1. The molecule has 8 amide bonds. The van der Waals surface area contributed by atoms with E-state index in [0.717, 1.165) is 0 Å². The Balaban J connectivity index is 0.700. The minimum atomic E-state index is -0.626. The molecule has 0 unspecified atom stereocenters. The molecule has 7 heterocycles. The average molecular weight is 1070 g/mol. The summed E-state index contributed by atoms with van der Waals surface area (Å²) in [6.45, 7) is 3.61. The van der Waals surface area contributed by atoms with Gasteiger partial charge in [-0.05, 0) is 56.0 Å². The number of esters is 1. The van der Waals surface area contributed by atoms with Crippen LogP contribution in [0, 0.1) is 12.8 Å². The summed E-state index contributed by atoms with van der Waals surface area (Å²) < 4.78 is 12.7. The molecule has 25 heteroatoms. The van der Waals surface area contributed by atoms with E-state index in [2.05, 4.69) is 42.2 Å². The van der Waals surface area contributed by atoms with Gasteiger partial charge in [-0.25, -0.2) is 4.79 Å². The van der Waals surface area contributed by atoms with Gasteiger partial charge in [0.15, 0.2) is 0 Å². The Morgan fingerprint density at radius 2 is 1.05 bits per heavy atom.